The lowest BCUT2D eigenvalue weighted by atomic mass is 10.0. The summed E-state index contributed by atoms with van der Waals surface area (Å²) in [6, 6.07) is 14.7. The van der Waals surface area contributed by atoms with Gasteiger partial charge in [-0.15, -0.1) is 24.8 Å². The Balaban J connectivity index is 0.00000140. The van der Waals surface area contributed by atoms with E-state index in [4.69, 9.17) is 0 Å². The number of halogens is 3. The molecule has 1 aliphatic rings. The summed E-state index contributed by atoms with van der Waals surface area (Å²) < 4.78 is 1.04. The first kappa shape index (κ1) is 23.0. The highest BCUT2D eigenvalue weighted by molar-refractivity contribution is 9.10. The molecule has 0 bridgehead atoms. The Morgan fingerprint density at radius 3 is 2.57 bits per heavy atom. The maximum atomic E-state index is 10.5. The zero-order chi connectivity index (χ0) is 17.9. The maximum Gasteiger partial charge on any atom is 0.0916 e. The number of aliphatic hydroxyl groups excluding tert-OH is 1. The predicted octanol–water partition coefficient (Wildman–Crippen LogP) is 4.78. The number of aromatic nitrogens is 2. The van der Waals surface area contributed by atoms with E-state index < -0.39 is 6.10 Å². The van der Waals surface area contributed by atoms with E-state index in [0.717, 1.165) is 52.6 Å². The van der Waals surface area contributed by atoms with Crippen LogP contribution in [-0.2, 0) is 0 Å². The molecule has 1 aromatic heterocycles. The zero-order valence-corrected chi connectivity index (χ0v) is 18.6. The van der Waals surface area contributed by atoms with Crippen LogP contribution in [0.3, 0.4) is 0 Å². The number of piperidine rings is 1. The number of hydrogen-bond acceptors (Lipinski definition) is 4. The van der Waals surface area contributed by atoms with Crippen molar-refractivity contribution in [3.05, 3.63) is 58.7 Å². The van der Waals surface area contributed by atoms with E-state index in [1.807, 2.05) is 30.5 Å². The van der Waals surface area contributed by atoms with Gasteiger partial charge in [-0.3, -0.25) is 5.10 Å². The lowest BCUT2D eigenvalue weighted by Gasteiger charge is -2.34. The molecule has 2 heterocycles. The summed E-state index contributed by atoms with van der Waals surface area (Å²) in [7, 11) is 0. The number of fused-ring (bicyclic) bond motifs is 1. The van der Waals surface area contributed by atoms with E-state index in [-0.39, 0.29) is 24.8 Å². The molecule has 0 radical (unpaired) electrons. The molecule has 8 heteroatoms. The minimum atomic E-state index is -0.434. The lowest BCUT2D eigenvalue weighted by Crippen LogP contribution is -2.40. The Bertz CT molecular complexity index is 866. The van der Waals surface area contributed by atoms with Gasteiger partial charge >= 0.3 is 0 Å². The minimum absolute atomic E-state index is 0. The SMILES string of the molecule is Cl.Cl.OC(CN1CCC(Nc2ccc3[nH]ncc3c2)CC1)c1ccc(Br)cc1. The van der Waals surface area contributed by atoms with Crippen LogP contribution in [0.5, 0.6) is 0 Å². The summed E-state index contributed by atoms with van der Waals surface area (Å²) in [6.07, 6.45) is 3.58. The fourth-order valence-corrected chi connectivity index (χ4v) is 3.83. The van der Waals surface area contributed by atoms with E-state index >= 15 is 0 Å². The Hall–Kier alpha value is -1.31. The second-order valence-electron chi connectivity index (χ2n) is 6.96. The van der Waals surface area contributed by atoms with Gasteiger partial charge in [0, 0.05) is 41.2 Å². The van der Waals surface area contributed by atoms with Crippen molar-refractivity contribution in [2.45, 2.75) is 25.0 Å². The number of aromatic amines is 1. The number of β-amino-alcohol motifs (C(OH)–C–C–N with tert-alkyl or cyclic N) is 1. The third-order valence-electron chi connectivity index (χ3n) is 5.08. The molecule has 1 atom stereocenters. The van der Waals surface area contributed by atoms with Crippen LogP contribution in [0.25, 0.3) is 10.9 Å². The molecule has 0 aliphatic carbocycles. The third kappa shape index (κ3) is 5.61. The zero-order valence-electron chi connectivity index (χ0n) is 15.3. The Morgan fingerprint density at radius 2 is 1.86 bits per heavy atom. The molecule has 0 amide bonds. The fraction of sp³-hybridized carbons (Fsp3) is 0.350. The summed E-state index contributed by atoms with van der Waals surface area (Å²) in [5.41, 5.74) is 3.18. The van der Waals surface area contributed by atoms with E-state index in [1.54, 1.807) is 0 Å². The maximum absolute atomic E-state index is 10.5. The number of likely N-dealkylation sites (tertiary alicyclic amines) is 1. The third-order valence-corrected chi connectivity index (χ3v) is 5.61. The Morgan fingerprint density at radius 1 is 1.14 bits per heavy atom. The van der Waals surface area contributed by atoms with Gasteiger partial charge in [-0.05, 0) is 48.7 Å². The monoisotopic (exact) mass is 486 g/mol. The molecule has 5 nitrogen and oxygen atoms in total. The molecule has 1 aliphatic heterocycles. The first-order valence-corrected chi connectivity index (χ1v) is 9.82. The summed E-state index contributed by atoms with van der Waals surface area (Å²) in [4.78, 5) is 2.35. The summed E-state index contributed by atoms with van der Waals surface area (Å²) in [6.45, 7) is 2.69. The van der Waals surface area contributed by atoms with E-state index in [0.29, 0.717) is 12.6 Å². The van der Waals surface area contributed by atoms with Crippen molar-refractivity contribution in [1.82, 2.24) is 15.1 Å². The van der Waals surface area contributed by atoms with Gasteiger partial charge in [-0.25, -0.2) is 0 Å². The number of aliphatic hydroxyl groups is 1. The number of benzene rings is 2. The molecular weight excluding hydrogens is 463 g/mol. The largest absolute Gasteiger partial charge is 0.387 e. The van der Waals surface area contributed by atoms with Crippen molar-refractivity contribution in [3.8, 4) is 0 Å². The first-order chi connectivity index (χ1) is 12.7. The number of nitrogens with one attached hydrogen (secondary N) is 2. The van der Waals surface area contributed by atoms with Crippen LogP contribution in [0.15, 0.2) is 53.1 Å². The number of hydrogen-bond donors (Lipinski definition) is 3. The van der Waals surface area contributed by atoms with Gasteiger partial charge in [0.15, 0.2) is 0 Å². The number of nitrogens with zero attached hydrogens (tertiary/aromatic N) is 2. The average molecular weight is 488 g/mol. The molecule has 1 fully saturated rings. The molecule has 0 saturated carbocycles. The molecule has 152 valence electrons. The molecule has 3 aromatic rings. The predicted molar refractivity (Wildman–Crippen MR) is 123 cm³/mol. The van der Waals surface area contributed by atoms with Crippen LogP contribution in [0, 0.1) is 0 Å². The molecule has 1 saturated heterocycles. The van der Waals surface area contributed by atoms with Crippen LogP contribution >= 0.6 is 40.7 Å². The van der Waals surface area contributed by atoms with Gasteiger partial charge in [0.05, 0.1) is 17.8 Å². The highest BCUT2D eigenvalue weighted by atomic mass is 79.9. The molecule has 0 spiro atoms. The van der Waals surface area contributed by atoms with Crippen molar-refractivity contribution in [2.24, 2.45) is 0 Å². The van der Waals surface area contributed by atoms with E-state index in [1.165, 1.54) is 0 Å². The summed E-state index contributed by atoms with van der Waals surface area (Å²) >= 11 is 3.43. The minimum Gasteiger partial charge on any atom is -0.387 e. The number of anilines is 1. The van der Waals surface area contributed by atoms with Crippen molar-refractivity contribution < 1.29 is 5.11 Å². The standard InChI is InChI=1S/C20H23BrN4O.2ClH/c21-16-3-1-14(2-4-16)20(26)13-25-9-7-17(8-10-25)23-18-5-6-19-15(11-18)12-22-24-19;;/h1-6,11-12,17,20,23,26H,7-10,13H2,(H,22,24);2*1H. The first-order valence-electron chi connectivity index (χ1n) is 9.03. The average Bonchev–Trinajstić information content (AvgIpc) is 3.12. The fourth-order valence-electron chi connectivity index (χ4n) is 3.56. The highest BCUT2D eigenvalue weighted by Gasteiger charge is 2.21. The normalized spacial score (nSPS) is 16.2. The van der Waals surface area contributed by atoms with Crippen LogP contribution in [-0.4, -0.2) is 45.9 Å². The van der Waals surface area contributed by atoms with Gasteiger partial charge in [-0.1, -0.05) is 28.1 Å². The lowest BCUT2D eigenvalue weighted by molar-refractivity contribution is 0.0991. The van der Waals surface area contributed by atoms with Crippen LogP contribution < -0.4 is 5.32 Å². The second-order valence-corrected chi connectivity index (χ2v) is 7.87. The van der Waals surface area contributed by atoms with Gasteiger partial charge in [0.2, 0.25) is 0 Å². The van der Waals surface area contributed by atoms with Crippen LogP contribution in [0.4, 0.5) is 5.69 Å². The molecule has 1 unspecified atom stereocenters. The van der Waals surface area contributed by atoms with Gasteiger partial charge in [0.1, 0.15) is 0 Å². The van der Waals surface area contributed by atoms with E-state index in [9.17, 15) is 5.11 Å². The van der Waals surface area contributed by atoms with Gasteiger partial charge in [0.25, 0.3) is 0 Å². The Labute approximate surface area is 185 Å². The Kier molecular flexibility index (Phi) is 8.58. The quantitative estimate of drug-likeness (QED) is 0.484. The summed E-state index contributed by atoms with van der Waals surface area (Å²) in [5, 5.41) is 22.3. The summed E-state index contributed by atoms with van der Waals surface area (Å²) in [5.74, 6) is 0. The van der Waals surface area contributed by atoms with Gasteiger partial charge in [-0.2, -0.15) is 5.10 Å². The van der Waals surface area contributed by atoms with Crippen molar-refractivity contribution in [1.29, 1.82) is 0 Å². The molecule has 3 N–H and O–H groups in total. The van der Waals surface area contributed by atoms with Gasteiger partial charge < -0.3 is 15.3 Å². The number of H-pyrrole nitrogens is 1. The number of rotatable bonds is 5. The van der Waals surface area contributed by atoms with E-state index in [2.05, 4.69) is 54.5 Å². The molecule has 2 aromatic carbocycles. The molecule has 4 rings (SSSR count). The molecular formula is C20H25BrCl2N4O. The van der Waals surface area contributed by atoms with Crippen LogP contribution in [0.1, 0.15) is 24.5 Å². The van der Waals surface area contributed by atoms with Crippen LogP contribution in [0.2, 0.25) is 0 Å². The topological polar surface area (TPSA) is 64.2 Å². The highest BCUT2D eigenvalue weighted by Crippen LogP contribution is 2.23. The van der Waals surface area contributed by atoms with Crippen molar-refractivity contribution in [2.75, 3.05) is 25.0 Å². The molecule has 28 heavy (non-hydrogen) atoms. The second kappa shape index (κ2) is 10.5. The van der Waals surface area contributed by atoms with Crippen molar-refractivity contribution >= 4 is 57.3 Å². The smallest absolute Gasteiger partial charge is 0.0916 e. The van der Waals surface area contributed by atoms with Crippen molar-refractivity contribution in [3.63, 3.8) is 0 Å².